The Labute approximate surface area is 216 Å². The van der Waals surface area contributed by atoms with Crippen LogP contribution < -0.4 is 10.1 Å². The summed E-state index contributed by atoms with van der Waals surface area (Å²) in [5.41, 5.74) is 8.18. The number of anilines is 1. The summed E-state index contributed by atoms with van der Waals surface area (Å²) in [5.74, 6) is 0. The van der Waals surface area contributed by atoms with Gasteiger partial charge >= 0.3 is 0 Å². The van der Waals surface area contributed by atoms with Crippen LogP contribution in [0.25, 0.3) is 5.57 Å². The van der Waals surface area contributed by atoms with Crippen LogP contribution in [0.2, 0.25) is 13.1 Å². The number of non-ortho nitro benzene ring substituents is 1. The van der Waals surface area contributed by atoms with Gasteiger partial charge in [-0.3, -0.25) is 10.1 Å². The second-order valence-electron chi connectivity index (χ2n) is 10.1. The molecule has 0 unspecified atom stereocenters. The van der Waals surface area contributed by atoms with E-state index in [9.17, 15) is 10.1 Å². The van der Waals surface area contributed by atoms with E-state index < -0.39 is 8.07 Å². The van der Waals surface area contributed by atoms with Gasteiger partial charge < -0.3 is 4.90 Å². The average molecular weight is 501 g/mol. The van der Waals surface area contributed by atoms with E-state index >= 15 is 0 Å². The van der Waals surface area contributed by atoms with Crippen LogP contribution in [0.4, 0.5) is 11.4 Å². The van der Waals surface area contributed by atoms with E-state index in [-0.39, 0.29) is 10.6 Å². The van der Waals surface area contributed by atoms with E-state index in [2.05, 4.69) is 93.6 Å². The number of nitro groups is 1. The van der Waals surface area contributed by atoms with Crippen LogP contribution in [0.3, 0.4) is 0 Å². The maximum Gasteiger partial charge on any atom is 0.270 e. The Balaban J connectivity index is 2.09. The fourth-order valence-corrected chi connectivity index (χ4v) is 8.75. The Hall–Kier alpha value is -3.25. The third kappa shape index (κ3) is 4.28. The molecular formula is C30H38N3O2Si. The molecule has 2 aromatic rings. The third-order valence-corrected chi connectivity index (χ3v) is 11.4. The first-order chi connectivity index (χ1) is 17.2. The summed E-state index contributed by atoms with van der Waals surface area (Å²) in [6.45, 7) is 19.6. The minimum atomic E-state index is -2.07. The largest absolute Gasteiger partial charge is 0.372 e. The van der Waals surface area contributed by atoms with Gasteiger partial charge in [0.15, 0.2) is 5.71 Å². The number of hydrogen-bond acceptors (Lipinski definition) is 3. The molecule has 0 aromatic heterocycles. The van der Waals surface area contributed by atoms with Gasteiger partial charge in [-0.15, -0.1) is 0 Å². The lowest BCUT2D eigenvalue weighted by Crippen LogP contribution is -2.50. The van der Waals surface area contributed by atoms with Crippen molar-refractivity contribution in [3.8, 4) is 0 Å². The zero-order valence-corrected chi connectivity index (χ0v) is 23.7. The van der Waals surface area contributed by atoms with E-state index in [0.29, 0.717) is 0 Å². The molecule has 0 bridgehead atoms. The lowest BCUT2D eigenvalue weighted by molar-refractivity contribution is -0.519. The molecule has 5 nitrogen and oxygen atoms in total. The fraction of sp³-hybridized carbons (Fsp3) is 0.367. The molecule has 0 radical (unpaired) electrons. The molecule has 2 aliphatic rings. The van der Waals surface area contributed by atoms with Crippen molar-refractivity contribution in [3.63, 3.8) is 0 Å². The van der Waals surface area contributed by atoms with Gasteiger partial charge in [0, 0.05) is 37.0 Å². The predicted octanol–water partition coefficient (Wildman–Crippen LogP) is 6.01. The Morgan fingerprint density at radius 2 is 1.61 bits per heavy atom. The summed E-state index contributed by atoms with van der Waals surface area (Å²) in [6.07, 6.45) is 6.87. The summed E-state index contributed by atoms with van der Waals surface area (Å²) >= 11 is 0. The third-order valence-electron chi connectivity index (χ3n) is 7.85. The Kier molecular flexibility index (Phi) is 7.18. The Morgan fingerprint density at radius 1 is 0.917 bits per heavy atom. The fourth-order valence-electron chi connectivity index (χ4n) is 5.68. The SMILES string of the molecule is CCN(CC)c1ccc2c(c1)[Si-](C)(C)C1=CC(=[N+](CC)CC)C=CC1=C2c1cc([N+](=O)[O-])ccc1C. The molecule has 1 aliphatic carbocycles. The molecule has 6 heteroatoms. The van der Waals surface area contributed by atoms with Crippen molar-refractivity contribution < 1.29 is 9.50 Å². The number of nitro benzene ring substituents is 1. The minimum Gasteiger partial charge on any atom is -0.372 e. The number of benzene rings is 2. The molecule has 4 rings (SSSR count). The van der Waals surface area contributed by atoms with E-state index in [0.717, 1.165) is 42.9 Å². The van der Waals surface area contributed by atoms with Crippen molar-refractivity contribution in [1.29, 1.82) is 0 Å². The summed E-state index contributed by atoms with van der Waals surface area (Å²) < 4.78 is 2.39. The normalized spacial score (nSPS) is 15.9. The molecule has 2 aromatic carbocycles. The maximum absolute atomic E-state index is 11.7. The van der Waals surface area contributed by atoms with Crippen molar-refractivity contribution in [2.45, 2.75) is 47.7 Å². The summed E-state index contributed by atoms with van der Waals surface area (Å²) in [5, 5.41) is 14.5. The lowest BCUT2D eigenvalue weighted by atomic mass is 9.87. The number of fused-ring (bicyclic) bond motifs is 2. The minimum absolute atomic E-state index is 0.132. The van der Waals surface area contributed by atoms with Gasteiger partial charge in [0.05, 0.1) is 4.92 Å². The molecule has 1 heterocycles. The highest BCUT2D eigenvalue weighted by Crippen LogP contribution is 2.43. The van der Waals surface area contributed by atoms with Crippen LogP contribution in [0.5, 0.6) is 0 Å². The van der Waals surface area contributed by atoms with E-state index in [4.69, 9.17) is 0 Å². The number of allylic oxidation sites excluding steroid dienone is 5. The smallest absolute Gasteiger partial charge is 0.270 e. The highest BCUT2D eigenvalue weighted by molar-refractivity contribution is 6.98. The van der Waals surface area contributed by atoms with Gasteiger partial charge in [-0.2, -0.15) is 23.5 Å². The summed E-state index contributed by atoms with van der Waals surface area (Å²) in [4.78, 5) is 13.8. The van der Waals surface area contributed by atoms with Gasteiger partial charge in [-0.05, 0) is 74.6 Å². The number of nitrogens with zero attached hydrogens (tertiary/aromatic N) is 3. The van der Waals surface area contributed by atoms with Crippen molar-refractivity contribution in [1.82, 2.24) is 0 Å². The monoisotopic (exact) mass is 500 g/mol. The molecule has 189 valence electrons. The molecule has 0 saturated heterocycles. The highest BCUT2D eigenvalue weighted by Gasteiger charge is 2.32. The second kappa shape index (κ2) is 10.0. The lowest BCUT2D eigenvalue weighted by Gasteiger charge is -2.47. The van der Waals surface area contributed by atoms with Gasteiger partial charge in [0.25, 0.3) is 5.69 Å². The Morgan fingerprint density at radius 3 is 2.22 bits per heavy atom. The van der Waals surface area contributed by atoms with E-state index in [1.807, 2.05) is 6.07 Å². The summed E-state index contributed by atoms with van der Waals surface area (Å²) in [6, 6.07) is 12.1. The zero-order chi connectivity index (χ0) is 26.2. The van der Waals surface area contributed by atoms with Crippen LogP contribution in [0.1, 0.15) is 44.4 Å². The van der Waals surface area contributed by atoms with Gasteiger partial charge in [0.1, 0.15) is 13.1 Å². The van der Waals surface area contributed by atoms with Crippen molar-refractivity contribution in [2.24, 2.45) is 0 Å². The van der Waals surface area contributed by atoms with Crippen LogP contribution in [0.15, 0.2) is 65.4 Å². The van der Waals surface area contributed by atoms with Crippen molar-refractivity contribution >= 4 is 35.9 Å². The molecular weight excluding hydrogens is 462 g/mol. The molecule has 0 amide bonds. The molecule has 36 heavy (non-hydrogen) atoms. The molecule has 0 N–H and O–H groups in total. The standard InChI is InChI=1S/C30H38N3O2Si/c1-8-31(9-2)22-14-16-25-28(19-22)36(6,7)29-20-23(32(10-3)11-4)15-17-26(29)30(25)27-18-24(33(34)35)13-12-21(27)5/h12-20H,8-11H2,1-7H3. The van der Waals surface area contributed by atoms with E-state index in [1.165, 1.54) is 32.9 Å². The van der Waals surface area contributed by atoms with Crippen LogP contribution in [-0.4, -0.2) is 49.5 Å². The highest BCUT2D eigenvalue weighted by atomic mass is 28.3. The van der Waals surface area contributed by atoms with Crippen LogP contribution in [0, 0.1) is 17.0 Å². The summed E-state index contributed by atoms with van der Waals surface area (Å²) in [7, 11) is -2.07. The first-order valence-corrected chi connectivity index (χ1v) is 16.1. The maximum atomic E-state index is 11.7. The van der Waals surface area contributed by atoms with Crippen LogP contribution >= 0.6 is 0 Å². The molecule has 0 atom stereocenters. The number of rotatable bonds is 7. The number of hydrogen-bond donors (Lipinski definition) is 0. The Bertz CT molecular complexity index is 1340. The van der Waals surface area contributed by atoms with Crippen LogP contribution in [-0.2, 0) is 0 Å². The second-order valence-corrected chi connectivity index (χ2v) is 14.4. The molecule has 0 fully saturated rings. The van der Waals surface area contributed by atoms with Gasteiger partial charge in [-0.25, -0.2) is 4.58 Å². The first-order valence-electron chi connectivity index (χ1n) is 13.1. The number of aryl methyl sites for hydroxylation is 1. The van der Waals surface area contributed by atoms with Crippen molar-refractivity contribution in [3.05, 3.63) is 92.2 Å². The molecule has 0 saturated carbocycles. The zero-order valence-electron chi connectivity index (χ0n) is 22.7. The molecule has 1 aliphatic heterocycles. The molecule has 0 spiro atoms. The van der Waals surface area contributed by atoms with E-state index in [1.54, 1.807) is 12.1 Å². The average Bonchev–Trinajstić information content (AvgIpc) is 2.87. The quantitative estimate of drug-likeness (QED) is 0.202. The predicted molar refractivity (Wildman–Crippen MR) is 155 cm³/mol. The topological polar surface area (TPSA) is 49.4 Å². The van der Waals surface area contributed by atoms with Gasteiger partial charge in [-0.1, -0.05) is 32.3 Å². The van der Waals surface area contributed by atoms with Gasteiger partial charge in [0.2, 0.25) is 0 Å². The first kappa shape index (κ1) is 25.8. The van der Waals surface area contributed by atoms with Crippen molar-refractivity contribution in [2.75, 3.05) is 31.1 Å².